The van der Waals surface area contributed by atoms with E-state index >= 15 is 0 Å². The number of rotatable bonds is 4. The topological polar surface area (TPSA) is 94.9 Å². The molecular formula is C13H12BrNO5. The monoisotopic (exact) mass is 341 g/mol. The third-order valence-corrected chi connectivity index (χ3v) is 3.71. The Balaban J connectivity index is 2.33. The van der Waals surface area contributed by atoms with E-state index in [1.54, 1.807) is 24.3 Å². The van der Waals surface area contributed by atoms with Crippen molar-refractivity contribution in [1.82, 2.24) is 4.90 Å². The van der Waals surface area contributed by atoms with Crippen molar-refractivity contribution in [2.45, 2.75) is 12.5 Å². The van der Waals surface area contributed by atoms with Crippen LogP contribution in [0, 0.1) is 5.92 Å². The van der Waals surface area contributed by atoms with Crippen LogP contribution in [0.15, 0.2) is 28.7 Å². The summed E-state index contributed by atoms with van der Waals surface area (Å²) < 4.78 is 0.697. The van der Waals surface area contributed by atoms with Gasteiger partial charge < -0.3 is 15.1 Å². The van der Waals surface area contributed by atoms with Gasteiger partial charge >= 0.3 is 11.9 Å². The first-order valence-electron chi connectivity index (χ1n) is 5.90. The molecule has 0 aromatic heterocycles. The molecule has 2 N–H and O–H groups in total. The van der Waals surface area contributed by atoms with Crippen molar-refractivity contribution in [3.63, 3.8) is 0 Å². The standard InChI is InChI=1S/C13H12BrNO5/c14-9-3-1-2-7(4-9)11(13(19)20)15-6-8(12(17)18)5-10(15)16/h1-4,8,11H,5-6H2,(H,17,18)(H,19,20). The number of carboxylic acids is 2. The number of hydrogen-bond donors (Lipinski definition) is 2. The molecule has 1 aromatic carbocycles. The summed E-state index contributed by atoms with van der Waals surface area (Å²) in [4.78, 5) is 35.4. The lowest BCUT2D eigenvalue weighted by Crippen LogP contribution is -2.35. The van der Waals surface area contributed by atoms with Crippen LogP contribution in [0.5, 0.6) is 0 Å². The molecule has 0 bridgehead atoms. The summed E-state index contributed by atoms with van der Waals surface area (Å²) in [5, 5.41) is 18.3. The van der Waals surface area contributed by atoms with E-state index in [1.807, 2.05) is 0 Å². The van der Waals surface area contributed by atoms with E-state index in [9.17, 15) is 19.5 Å². The van der Waals surface area contributed by atoms with Crippen LogP contribution >= 0.6 is 15.9 Å². The van der Waals surface area contributed by atoms with Gasteiger partial charge in [-0.2, -0.15) is 0 Å². The number of amides is 1. The van der Waals surface area contributed by atoms with Gasteiger partial charge in [0.25, 0.3) is 0 Å². The SMILES string of the molecule is O=C(O)C1CC(=O)N(C(C(=O)O)c2cccc(Br)c2)C1. The second-order valence-corrected chi connectivity index (χ2v) is 5.50. The van der Waals surface area contributed by atoms with Crippen molar-refractivity contribution in [3.05, 3.63) is 34.3 Å². The molecule has 1 aliphatic heterocycles. The lowest BCUT2D eigenvalue weighted by Gasteiger charge is -2.24. The minimum Gasteiger partial charge on any atom is -0.481 e. The number of benzene rings is 1. The van der Waals surface area contributed by atoms with Crippen LogP contribution in [-0.2, 0) is 14.4 Å². The fourth-order valence-electron chi connectivity index (χ4n) is 2.28. The third kappa shape index (κ3) is 2.82. The molecule has 2 rings (SSSR count). The fraction of sp³-hybridized carbons (Fsp3) is 0.308. The Kier molecular flexibility index (Phi) is 4.08. The maximum Gasteiger partial charge on any atom is 0.331 e. The van der Waals surface area contributed by atoms with Gasteiger partial charge in [0.15, 0.2) is 6.04 Å². The molecule has 0 saturated carbocycles. The molecule has 6 nitrogen and oxygen atoms in total. The van der Waals surface area contributed by atoms with Gasteiger partial charge in [-0.25, -0.2) is 4.79 Å². The molecule has 1 amide bonds. The van der Waals surface area contributed by atoms with Crippen molar-refractivity contribution in [2.24, 2.45) is 5.92 Å². The first-order valence-corrected chi connectivity index (χ1v) is 6.70. The Morgan fingerprint density at radius 1 is 1.35 bits per heavy atom. The number of carbonyl (C=O) groups excluding carboxylic acids is 1. The molecule has 2 atom stereocenters. The van der Waals surface area contributed by atoms with Gasteiger partial charge in [-0.1, -0.05) is 28.1 Å². The highest BCUT2D eigenvalue weighted by molar-refractivity contribution is 9.10. The van der Waals surface area contributed by atoms with E-state index in [0.717, 1.165) is 4.90 Å². The van der Waals surface area contributed by atoms with Gasteiger partial charge in [-0.05, 0) is 17.7 Å². The zero-order valence-corrected chi connectivity index (χ0v) is 11.9. The van der Waals surface area contributed by atoms with Crippen LogP contribution in [0.4, 0.5) is 0 Å². The second-order valence-electron chi connectivity index (χ2n) is 4.58. The number of carboxylic acid groups (broad SMARTS) is 2. The van der Waals surface area contributed by atoms with Crippen molar-refractivity contribution in [2.75, 3.05) is 6.54 Å². The van der Waals surface area contributed by atoms with Gasteiger partial charge in [0.05, 0.1) is 5.92 Å². The minimum atomic E-state index is -1.18. The largest absolute Gasteiger partial charge is 0.481 e. The summed E-state index contributed by atoms with van der Waals surface area (Å²) in [6, 6.07) is 5.47. The number of carbonyl (C=O) groups is 3. The molecule has 0 spiro atoms. The van der Waals surface area contributed by atoms with Crippen LogP contribution in [-0.4, -0.2) is 39.5 Å². The zero-order valence-electron chi connectivity index (χ0n) is 10.3. The Hall–Kier alpha value is -1.89. The van der Waals surface area contributed by atoms with Crippen LogP contribution in [0.25, 0.3) is 0 Å². The van der Waals surface area contributed by atoms with Crippen LogP contribution < -0.4 is 0 Å². The average Bonchev–Trinajstić information content (AvgIpc) is 2.72. The number of hydrogen-bond acceptors (Lipinski definition) is 3. The molecule has 1 saturated heterocycles. The lowest BCUT2D eigenvalue weighted by molar-refractivity contribution is -0.149. The molecule has 1 fully saturated rings. The van der Waals surface area contributed by atoms with Crippen molar-refractivity contribution < 1.29 is 24.6 Å². The Morgan fingerprint density at radius 2 is 2.05 bits per heavy atom. The summed E-state index contributed by atoms with van der Waals surface area (Å²) in [6.45, 7) is -0.0857. The molecular weight excluding hydrogens is 330 g/mol. The zero-order chi connectivity index (χ0) is 14.9. The summed E-state index contributed by atoms with van der Waals surface area (Å²) in [7, 11) is 0. The molecule has 0 radical (unpaired) electrons. The first kappa shape index (κ1) is 14.5. The van der Waals surface area contributed by atoms with Crippen LogP contribution in [0.2, 0.25) is 0 Å². The summed E-state index contributed by atoms with van der Waals surface area (Å²) in [6.07, 6.45) is -0.160. The lowest BCUT2D eigenvalue weighted by atomic mass is 10.1. The Bertz CT molecular complexity index is 574. The quantitative estimate of drug-likeness (QED) is 0.865. The molecule has 1 aliphatic rings. The summed E-state index contributed by atoms with van der Waals surface area (Å²) in [5.74, 6) is -3.57. The van der Waals surface area contributed by atoms with Gasteiger partial charge in [0, 0.05) is 17.4 Å². The van der Waals surface area contributed by atoms with E-state index in [0.29, 0.717) is 10.0 Å². The predicted molar refractivity (Wildman–Crippen MR) is 72.0 cm³/mol. The second kappa shape index (κ2) is 5.62. The smallest absolute Gasteiger partial charge is 0.331 e. The van der Waals surface area contributed by atoms with Gasteiger partial charge in [-0.3, -0.25) is 9.59 Å². The molecule has 7 heteroatoms. The van der Waals surface area contributed by atoms with E-state index < -0.39 is 29.8 Å². The molecule has 106 valence electrons. The van der Waals surface area contributed by atoms with E-state index in [4.69, 9.17) is 5.11 Å². The molecule has 1 heterocycles. The highest BCUT2D eigenvalue weighted by atomic mass is 79.9. The van der Waals surface area contributed by atoms with Crippen LogP contribution in [0.1, 0.15) is 18.0 Å². The summed E-state index contributed by atoms with van der Waals surface area (Å²) in [5.41, 5.74) is 0.436. The third-order valence-electron chi connectivity index (χ3n) is 3.22. The molecule has 0 aliphatic carbocycles. The maximum absolute atomic E-state index is 11.9. The summed E-state index contributed by atoms with van der Waals surface area (Å²) >= 11 is 3.25. The minimum absolute atomic E-state index is 0.0857. The van der Waals surface area contributed by atoms with Crippen LogP contribution in [0.3, 0.4) is 0 Å². The number of likely N-dealkylation sites (tertiary alicyclic amines) is 1. The Morgan fingerprint density at radius 3 is 2.55 bits per heavy atom. The van der Waals surface area contributed by atoms with Crippen molar-refractivity contribution in [3.8, 4) is 0 Å². The number of aliphatic carboxylic acids is 2. The van der Waals surface area contributed by atoms with E-state index in [-0.39, 0.29) is 13.0 Å². The highest BCUT2D eigenvalue weighted by Crippen LogP contribution is 2.30. The number of nitrogens with zero attached hydrogens (tertiary/aromatic N) is 1. The molecule has 20 heavy (non-hydrogen) atoms. The van der Waals surface area contributed by atoms with Crippen molar-refractivity contribution >= 4 is 33.8 Å². The number of halogens is 1. The normalized spacial score (nSPS) is 19.9. The fourth-order valence-corrected chi connectivity index (χ4v) is 2.70. The Labute approximate surface area is 123 Å². The average molecular weight is 342 g/mol. The van der Waals surface area contributed by atoms with Gasteiger partial charge in [-0.15, -0.1) is 0 Å². The first-order chi connectivity index (χ1) is 9.40. The maximum atomic E-state index is 11.9. The van der Waals surface area contributed by atoms with Crippen molar-refractivity contribution in [1.29, 1.82) is 0 Å². The molecule has 1 aromatic rings. The van der Waals surface area contributed by atoms with Gasteiger partial charge in [0.2, 0.25) is 5.91 Å². The highest BCUT2D eigenvalue weighted by Gasteiger charge is 2.41. The van der Waals surface area contributed by atoms with E-state index in [2.05, 4.69) is 15.9 Å². The predicted octanol–water partition coefficient (Wildman–Crippen LogP) is 1.51. The molecule has 2 unspecified atom stereocenters. The van der Waals surface area contributed by atoms with Gasteiger partial charge in [0.1, 0.15) is 0 Å². The van der Waals surface area contributed by atoms with E-state index in [1.165, 1.54) is 0 Å².